The summed E-state index contributed by atoms with van der Waals surface area (Å²) in [5.74, 6) is 0.734. The Hall–Kier alpha value is -2.57. The van der Waals surface area contributed by atoms with E-state index < -0.39 is 0 Å². The third-order valence-corrected chi connectivity index (χ3v) is 6.45. The quantitative estimate of drug-likeness (QED) is 0.579. The van der Waals surface area contributed by atoms with E-state index >= 15 is 0 Å². The van der Waals surface area contributed by atoms with Crippen LogP contribution >= 0.6 is 23.1 Å². The van der Waals surface area contributed by atoms with Crippen molar-refractivity contribution in [3.05, 3.63) is 76.5 Å². The van der Waals surface area contributed by atoms with Gasteiger partial charge in [0.05, 0.1) is 4.88 Å². The second-order valence-corrected chi connectivity index (χ2v) is 8.60. The molecule has 3 aromatic rings. The zero-order valence-corrected chi connectivity index (χ0v) is 16.9. The second kappa shape index (κ2) is 8.63. The summed E-state index contributed by atoms with van der Waals surface area (Å²) < 4.78 is 0. The Labute approximate surface area is 172 Å². The Balaban J connectivity index is 1.38. The highest BCUT2D eigenvalue weighted by molar-refractivity contribution is 7.99. The predicted molar refractivity (Wildman–Crippen MR) is 117 cm³/mol. The van der Waals surface area contributed by atoms with Crippen LogP contribution in [0.4, 0.5) is 11.4 Å². The molecule has 2 amide bonds. The molecule has 0 radical (unpaired) electrons. The van der Waals surface area contributed by atoms with Crippen molar-refractivity contribution in [2.45, 2.75) is 17.7 Å². The van der Waals surface area contributed by atoms with Gasteiger partial charge in [-0.15, -0.1) is 23.1 Å². The molecule has 0 aliphatic carbocycles. The minimum atomic E-state index is -0.0162. The number of amides is 2. The Kier molecular flexibility index (Phi) is 5.78. The van der Waals surface area contributed by atoms with Crippen molar-refractivity contribution in [3.8, 4) is 0 Å². The second-order valence-electron chi connectivity index (χ2n) is 6.49. The summed E-state index contributed by atoms with van der Waals surface area (Å²) >= 11 is 3.12. The fourth-order valence-electron chi connectivity index (χ4n) is 3.20. The third kappa shape index (κ3) is 4.29. The van der Waals surface area contributed by atoms with E-state index in [0.717, 1.165) is 38.9 Å². The smallest absolute Gasteiger partial charge is 0.268 e. The molecule has 0 saturated carbocycles. The Bertz CT molecular complexity index is 971. The zero-order chi connectivity index (χ0) is 19.3. The van der Waals surface area contributed by atoms with E-state index in [2.05, 4.69) is 5.32 Å². The van der Waals surface area contributed by atoms with E-state index in [4.69, 9.17) is 0 Å². The lowest BCUT2D eigenvalue weighted by Crippen LogP contribution is -2.28. The number of fused-ring (bicyclic) bond motifs is 1. The van der Waals surface area contributed by atoms with Crippen LogP contribution in [0, 0.1) is 0 Å². The maximum absolute atomic E-state index is 12.7. The van der Waals surface area contributed by atoms with Crippen LogP contribution in [0.25, 0.3) is 0 Å². The molecule has 0 bridgehead atoms. The first-order valence-corrected chi connectivity index (χ1v) is 11.0. The maximum atomic E-state index is 12.7. The zero-order valence-electron chi connectivity index (χ0n) is 15.3. The molecule has 1 aromatic heterocycles. The molecule has 0 fully saturated rings. The minimum absolute atomic E-state index is 0.0162. The van der Waals surface area contributed by atoms with Crippen molar-refractivity contribution < 1.29 is 9.59 Å². The lowest BCUT2D eigenvalue weighted by molar-refractivity contribution is -0.115. The highest BCUT2D eigenvalue weighted by atomic mass is 32.2. The third-order valence-electron chi connectivity index (χ3n) is 4.58. The molecule has 6 heteroatoms. The molecule has 0 saturated heterocycles. The van der Waals surface area contributed by atoms with Gasteiger partial charge in [0, 0.05) is 35.0 Å². The average Bonchev–Trinajstić information content (AvgIpc) is 3.38. The number of nitrogens with one attached hydrogen (secondary N) is 1. The molecule has 2 heterocycles. The predicted octanol–water partition coefficient (Wildman–Crippen LogP) is 5.07. The van der Waals surface area contributed by atoms with Gasteiger partial charge < -0.3 is 10.2 Å². The van der Waals surface area contributed by atoms with Crippen molar-refractivity contribution in [1.82, 2.24) is 0 Å². The van der Waals surface area contributed by atoms with E-state index in [1.807, 2.05) is 70.9 Å². The van der Waals surface area contributed by atoms with Gasteiger partial charge in [0.1, 0.15) is 0 Å². The Morgan fingerprint density at radius 1 is 1.07 bits per heavy atom. The fourth-order valence-corrected chi connectivity index (χ4v) is 4.75. The van der Waals surface area contributed by atoms with E-state index in [-0.39, 0.29) is 11.8 Å². The molecule has 142 valence electrons. The minimum Gasteiger partial charge on any atom is -0.326 e. The standard InChI is InChI=1S/C22H20N2O2S2/c25-21(11-14-27-18-5-2-1-3-6-18)23-17-9-8-16-10-12-24(19(16)15-17)22(26)20-7-4-13-28-20/h1-9,13,15H,10-12,14H2,(H,23,25). The topological polar surface area (TPSA) is 49.4 Å². The molecule has 0 atom stereocenters. The van der Waals surface area contributed by atoms with Crippen LogP contribution in [0.15, 0.2) is 70.9 Å². The Morgan fingerprint density at radius 3 is 2.71 bits per heavy atom. The fraction of sp³-hybridized carbons (Fsp3) is 0.182. The highest BCUT2D eigenvalue weighted by Crippen LogP contribution is 2.32. The highest BCUT2D eigenvalue weighted by Gasteiger charge is 2.26. The molecule has 0 unspecified atom stereocenters. The van der Waals surface area contributed by atoms with Crippen LogP contribution in [-0.4, -0.2) is 24.1 Å². The van der Waals surface area contributed by atoms with Crippen molar-refractivity contribution in [2.75, 3.05) is 22.5 Å². The summed E-state index contributed by atoms with van der Waals surface area (Å²) in [6, 6.07) is 19.6. The monoisotopic (exact) mass is 408 g/mol. The van der Waals surface area contributed by atoms with E-state index in [0.29, 0.717) is 13.0 Å². The molecule has 4 rings (SSSR count). The van der Waals surface area contributed by atoms with Crippen LogP contribution in [0.1, 0.15) is 21.7 Å². The number of nitrogens with zero attached hydrogens (tertiary/aromatic N) is 1. The Morgan fingerprint density at radius 2 is 1.93 bits per heavy atom. The van der Waals surface area contributed by atoms with Crippen LogP contribution < -0.4 is 10.2 Å². The molecule has 2 aromatic carbocycles. The number of thioether (sulfide) groups is 1. The summed E-state index contributed by atoms with van der Waals surface area (Å²) in [6.07, 6.45) is 1.28. The molecule has 28 heavy (non-hydrogen) atoms. The van der Waals surface area contributed by atoms with Gasteiger partial charge in [-0.3, -0.25) is 9.59 Å². The van der Waals surface area contributed by atoms with Crippen LogP contribution in [0.3, 0.4) is 0 Å². The van der Waals surface area contributed by atoms with Gasteiger partial charge in [0.15, 0.2) is 0 Å². The van der Waals surface area contributed by atoms with Gasteiger partial charge in [0.25, 0.3) is 5.91 Å². The van der Waals surface area contributed by atoms with Crippen molar-refractivity contribution in [1.29, 1.82) is 0 Å². The van der Waals surface area contributed by atoms with Gasteiger partial charge in [-0.25, -0.2) is 0 Å². The number of benzene rings is 2. The average molecular weight is 409 g/mol. The number of thiophene rings is 1. The van der Waals surface area contributed by atoms with Gasteiger partial charge in [0.2, 0.25) is 5.91 Å². The number of rotatable bonds is 6. The van der Waals surface area contributed by atoms with Crippen molar-refractivity contribution in [2.24, 2.45) is 0 Å². The molecular formula is C22H20N2O2S2. The van der Waals surface area contributed by atoms with E-state index in [1.165, 1.54) is 11.3 Å². The number of carbonyl (C=O) groups excluding carboxylic acids is 2. The van der Waals surface area contributed by atoms with Crippen LogP contribution in [-0.2, 0) is 11.2 Å². The molecular weight excluding hydrogens is 388 g/mol. The number of hydrogen-bond donors (Lipinski definition) is 1. The first-order valence-electron chi connectivity index (χ1n) is 9.17. The lowest BCUT2D eigenvalue weighted by atomic mass is 10.1. The van der Waals surface area contributed by atoms with Gasteiger partial charge in [-0.2, -0.15) is 0 Å². The van der Waals surface area contributed by atoms with Crippen LogP contribution in [0.2, 0.25) is 0 Å². The normalized spacial score (nSPS) is 12.6. The number of hydrogen-bond acceptors (Lipinski definition) is 4. The van der Waals surface area contributed by atoms with E-state index in [1.54, 1.807) is 11.8 Å². The molecule has 1 N–H and O–H groups in total. The molecule has 1 aliphatic rings. The SMILES string of the molecule is O=C(CCSc1ccccc1)Nc1ccc2c(c1)N(C(=O)c1cccs1)CC2. The molecule has 4 nitrogen and oxygen atoms in total. The first kappa shape index (κ1) is 18.8. The number of anilines is 2. The lowest BCUT2D eigenvalue weighted by Gasteiger charge is -2.17. The number of carbonyl (C=O) groups is 2. The van der Waals surface area contributed by atoms with E-state index in [9.17, 15) is 9.59 Å². The summed E-state index contributed by atoms with van der Waals surface area (Å²) in [4.78, 5) is 28.7. The summed E-state index contributed by atoms with van der Waals surface area (Å²) in [6.45, 7) is 0.678. The van der Waals surface area contributed by atoms with Crippen LogP contribution in [0.5, 0.6) is 0 Å². The first-order chi connectivity index (χ1) is 13.7. The largest absolute Gasteiger partial charge is 0.326 e. The van der Waals surface area contributed by atoms with Gasteiger partial charge in [-0.1, -0.05) is 30.3 Å². The van der Waals surface area contributed by atoms with Gasteiger partial charge >= 0.3 is 0 Å². The summed E-state index contributed by atoms with van der Waals surface area (Å²) in [7, 11) is 0. The van der Waals surface area contributed by atoms with Crippen molar-refractivity contribution in [3.63, 3.8) is 0 Å². The molecule has 0 spiro atoms. The molecule has 1 aliphatic heterocycles. The van der Waals surface area contributed by atoms with Crippen molar-refractivity contribution >= 4 is 46.3 Å². The summed E-state index contributed by atoms with van der Waals surface area (Å²) in [5, 5.41) is 4.88. The maximum Gasteiger partial charge on any atom is 0.268 e. The summed E-state index contributed by atoms with van der Waals surface area (Å²) in [5.41, 5.74) is 2.77. The van der Waals surface area contributed by atoms with Gasteiger partial charge in [-0.05, 0) is 47.7 Å².